The minimum Gasteiger partial charge on any atom is -0.430 e. The van der Waals surface area contributed by atoms with Crippen molar-refractivity contribution in [3.8, 4) is 17.7 Å². The van der Waals surface area contributed by atoms with E-state index in [1.807, 2.05) is 6.07 Å². The third kappa shape index (κ3) is 2.79. The molecule has 20 heavy (non-hydrogen) atoms. The molecule has 0 unspecified atom stereocenters. The first-order chi connectivity index (χ1) is 9.52. The predicted octanol–water partition coefficient (Wildman–Crippen LogP) is 3.96. The quantitative estimate of drug-likeness (QED) is 0.632. The Bertz CT molecular complexity index is 728. The SMILES string of the molecule is N#Cc1ccnc(Oc2ccc(Cl)cc2[N+](=O)[O-])c1Cl. The van der Waals surface area contributed by atoms with Gasteiger partial charge in [-0.1, -0.05) is 23.2 Å². The second-order valence-corrected chi connectivity index (χ2v) is 4.38. The van der Waals surface area contributed by atoms with Gasteiger partial charge in [0.1, 0.15) is 11.1 Å². The molecule has 8 heteroatoms. The number of hydrogen-bond acceptors (Lipinski definition) is 5. The van der Waals surface area contributed by atoms with Crippen LogP contribution in [0.15, 0.2) is 30.5 Å². The summed E-state index contributed by atoms with van der Waals surface area (Å²) in [6.07, 6.45) is 1.32. The van der Waals surface area contributed by atoms with Crippen molar-refractivity contribution in [2.75, 3.05) is 0 Å². The van der Waals surface area contributed by atoms with E-state index >= 15 is 0 Å². The summed E-state index contributed by atoms with van der Waals surface area (Å²) >= 11 is 11.6. The first-order valence-corrected chi connectivity index (χ1v) is 5.95. The molecule has 1 aromatic heterocycles. The summed E-state index contributed by atoms with van der Waals surface area (Å²) in [4.78, 5) is 14.1. The van der Waals surface area contributed by atoms with Crippen LogP contribution in [-0.4, -0.2) is 9.91 Å². The lowest BCUT2D eigenvalue weighted by Crippen LogP contribution is -1.96. The third-order valence-electron chi connectivity index (χ3n) is 2.30. The topological polar surface area (TPSA) is 89.0 Å². The van der Waals surface area contributed by atoms with Crippen LogP contribution in [0.2, 0.25) is 10.0 Å². The van der Waals surface area contributed by atoms with Crippen LogP contribution in [0.1, 0.15) is 5.56 Å². The molecular formula is C12H5Cl2N3O3. The monoisotopic (exact) mass is 309 g/mol. The standard InChI is InChI=1S/C12H5Cl2N3O3/c13-8-1-2-10(9(5-8)17(18)19)20-12-11(14)7(6-15)3-4-16-12/h1-5H. The highest BCUT2D eigenvalue weighted by molar-refractivity contribution is 6.33. The summed E-state index contributed by atoms with van der Waals surface area (Å²) in [6, 6.07) is 7.19. The molecule has 0 bridgehead atoms. The number of nitrogens with zero attached hydrogens (tertiary/aromatic N) is 3. The van der Waals surface area contributed by atoms with E-state index in [1.165, 1.54) is 24.4 Å². The number of hydrogen-bond donors (Lipinski definition) is 0. The van der Waals surface area contributed by atoms with E-state index in [9.17, 15) is 10.1 Å². The lowest BCUT2D eigenvalue weighted by molar-refractivity contribution is -0.385. The highest BCUT2D eigenvalue weighted by Gasteiger charge is 2.19. The molecule has 0 aliphatic carbocycles. The van der Waals surface area contributed by atoms with Gasteiger partial charge in [0.05, 0.1) is 10.5 Å². The molecule has 0 amide bonds. The third-order valence-corrected chi connectivity index (χ3v) is 2.90. The van der Waals surface area contributed by atoms with Crippen molar-refractivity contribution < 1.29 is 9.66 Å². The number of rotatable bonds is 3. The fraction of sp³-hybridized carbons (Fsp3) is 0. The van der Waals surface area contributed by atoms with Crippen molar-refractivity contribution in [1.29, 1.82) is 5.26 Å². The molecule has 0 atom stereocenters. The maximum absolute atomic E-state index is 10.9. The van der Waals surface area contributed by atoms with Crippen molar-refractivity contribution in [2.45, 2.75) is 0 Å². The van der Waals surface area contributed by atoms with Crippen LogP contribution in [0.3, 0.4) is 0 Å². The molecule has 1 heterocycles. The van der Waals surface area contributed by atoms with Gasteiger partial charge in [-0.05, 0) is 18.2 Å². The highest BCUT2D eigenvalue weighted by Crippen LogP contribution is 2.36. The predicted molar refractivity (Wildman–Crippen MR) is 72.1 cm³/mol. The number of halogens is 2. The summed E-state index contributed by atoms with van der Waals surface area (Å²) < 4.78 is 5.30. The average molecular weight is 310 g/mol. The molecule has 100 valence electrons. The van der Waals surface area contributed by atoms with E-state index < -0.39 is 4.92 Å². The van der Waals surface area contributed by atoms with Gasteiger partial charge in [-0.3, -0.25) is 10.1 Å². The van der Waals surface area contributed by atoms with Crippen LogP contribution in [-0.2, 0) is 0 Å². The van der Waals surface area contributed by atoms with Gasteiger partial charge in [0, 0.05) is 17.3 Å². The van der Waals surface area contributed by atoms with Crippen molar-refractivity contribution >= 4 is 28.9 Å². The fourth-order valence-corrected chi connectivity index (χ4v) is 1.76. The first-order valence-electron chi connectivity index (χ1n) is 5.19. The molecule has 0 saturated carbocycles. The van der Waals surface area contributed by atoms with Gasteiger partial charge in [0.15, 0.2) is 0 Å². The number of nitriles is 1. The van der Waals surface area contributed by atoms with Crippen molar-refractivity contribution in [3.05, 3.63) is 56.2 Å². The molecule has 0 fully saturated rings. The lowest BCUT2D eigenvalue weighted by atomic mass is 10.3. The molecule has 0 saturated heterocycles. The van der Waals surface area contributed by atoms with Crippen LogP contribution in [0.25, 0.3) is 0 Å². The molecule has 0 radical (unpaired) electrons. The molecule has 2 aromatic rings. The van der Waals surface area contributed by atoms with Gasteiger partial charge in [-0.15, -0.1) is 0 Å². The number of benzene rings is 1. The number of pyridine rings is 1. The Hall–Kier alpha value is -2.36. The molecule has 0 aliphatic rings. The zero-order valence-corrected chi connectivity index (χ0v) is 11.2. The van der Waals surface area contributed by atoms with Crippen LogP contribution in [0.4, 0.5) is 5.69 Å². The second kappa shape index (κ2) is 5.74. The highest BCUT2D eigenvalue weighted by atomic mass is 35.5. The average Bonchev–Trinajstić information content (AvgIpc) is 2.42. The van der Waals surface area contributed by atoms with E-state index in [1.54, 1.807) is 0 Å². The number of aromatic nitrogens is 1. The Labute approximate surface area is 123 Å². The van der Waals surface area contributed by atoms with Gasteiger partial charge in [-0.25, -0.2) is 4.98 Å². The Morgan fingerprint density at radius 3 is 2.75 bits per heavy atom. The molecule has 2 rings (SSSR count). The Kier molecular flexibility index (Phi) is 4.03. The molecule has 0 N–H and O–H groups in total. The zero-order valence-electron chi connectivity index (χ0n) is 9.71. The number of nitro benzene ring substituents is 1. The van der Waals surface area contributed by atoms with E-state index in [0.29, 0.717) is 0 Å². The molecular weight excluding hydrogens is 305 g/mol. The van der Waals surface area contributed by atoms with Crippen molar-refractivity contribution in [1.82, 2.24) is 4.98 Å². The van der Waals surface area contributed by atoms with Crippen LogP contribution in [0.5, 0.6) is 11.6 Å². The summed E-state index contributed by atoms with van der Waals surface area (Å²) in [5, 5.41) is 20.0. The maximum Gasteiger partial charge on any atom is 0.313 e. The van der Waals surface area contributed by atoms with Gasteiger partial charge in [0.25, 0.3) is 0 Å². The van der Waals surface area contributed by atoms with Gasteiger partial charge in [-0.2, -0.15) is 5.26 Å². The second-order valence-electron chi connectivity index (χ2n) is 3.56. The summed E-state index contributed by atoms with van der Waals surface area (Å²) in [5.41, 5.74) is -0.161. The van der Waals surface area contributed by atoms with Crippen LogP contribution < -0.4 is 4.74 Å². The zero-order chi connectivity index (χ0) is 14.7. The lowest BCUT2D eigenvalue weighted by Gasteiger charge is -2.07. The van der Waals surface area contributed by atoms with Gasteiger partial charge < -0.3 is 4.74 Å². The Morgan fingerprint density at radius 2 is 2.10 bits per heavy atom. The minimum absolute atomic E-state index is 0.0146. The molecule has 1 aromatic carbocycles. The van der Waals surface area contributed by atoms with Gasteiger partial charge in [0.2, 0.25) is 11.6 Å². The Balaban J connectivity index is 2.46. The first kappa shape index (κ1) is 14.1. The van der Waals surface area contributed by atoms with Crippen molar-refractivity contribution in [3.63, 3.8) is 0 Å². The van der Waals surface area contributed by atoms with E-state index in [2.05, 4.69) is 4.98 Å². The summed E-state index contributed by atoms with van der Waals surface area (Å²) in [6.45, 7) is 0. The normalized spacial score (nSPS) is 9.85. The summed E-state index contributed by atoms with van der Waals surface area (Å²) in [5.74, 6) is -0.153. The Morgan fingerprint density at radius 1 is 1.35 bits per heavy atom. The van der Waals surface area contributed by atoms with E-state index in [-0.39, 0.29) is 32.9 Å². The van der Waals surface area contributed by atoms with Crippen molar-refractivity contribution in [2.24, 2.45) is 0 Å². The largest absolute Gasteiger partial charge is 0.430 e. The smallest absolute Gasteiger partial charge is 0.313 e. The van der Waals surface area contributed by atoms with Gasteiger partial charge >= 0.3 is 5.69 Å². The van der Waals surface area contributed by atoms with Crippen LogP contribution >= 0.6 is 23.2 Å². The molecule has 0 aliphatic heterocycles. The van der Waals surface area contributed by atoms with Crippen LogP contribution in [0, 0.1) is 21.4 Å². The molecule has 6 nitrogen and oxygen atoms in total. The van der Waals surface area contributed by atoms with E-state index in [0.717, 1.165) is 6.07 Å². The minimum atomic E-state index is -0.636. The summed E-state index contributed by atoms with van der Waals surface area (Å²) in [7, 11) is 0. The number of ether oxygens (including phenoxy) is 1. The maximum atomic E-state index is 10.9. The van der Waals surface area contributed by atoms with E-state index in [4.69, 9.17) is 33.2 Å². The number of nitro groups is 1. The molecule has 0 spiro atoms. The fourth-order valence-electron chi connectivity index (χ4n) is 1.41.